The molecule has 0 atom stereocenters. The Bertz CT molecular complexity index is 403. The van der Waals surface area contributed by atoms with Crippen LogP contribution < -0.4 is 11.1 Å². The molecule has 0 aliphatic rings. The van der Waals surface area contributed by atoms with Crippen molar-refractivity contribution in [1.82, 2.24) is 15.1 Å². The molecule has 0 aliphatic heterocycles. The summed E-state index contributed by atoms with van der Waals surface area (Å²) in [5.41, 5.74) is 5.99. The van der Waals surface area contributed by atoms with Gasteiger partial charge >= 0.3 is 0 Å². The lowest BCUT2D eigenvalue weighted by molar-refractivity contribution is 0.0821. The molecular weight excluding hydrogens is 242 g/mol. The Balaban J connectivity index is 2.85. The number of anilines is 1. The first-order chi connectivity index (χ1) is 8.98. The van der Waals surface area contributed by atoms with E-state index in [1.54, 1.807) is 26.2 Å². The van der Waals surface area contributed by atoms with Crippen LogP contribution in [0.1, 0.15) is 37.2 Å². The number of nitrogens with two attached hydrogens (primary N) is 1. The molecular formula is C13H23N5O. The lowest BCUT2D eigenvalue weighted by Gasteiger charge is -2.31. The zero-order chi connectivity index (χ0) is 14.5. The molecule has 1 amide bonds. The molecule has 6 nitrogen and oxygen atoms in total. The highest BCUT2D eigenvalue weighted by Gasteiger charge is 2.24. The molecule has 1 aromatic heterocycles. The fourth-order valence-corrected chi connectivity index (χ4v) is 1.78. The van der Waals surface area contributed by atoms with Gasteiger partial charge in [-0.05, 0) is 25.0 Å². The Morgan fingerprint density at radius 1 is 1.32 bits per heavy atom. The monoisotopic (exact) mass is 265 g/mol. The molecule has 0 spiro atoms. The predicted octanol–water partition coefficient (Wildman–Crippen LogP) is 1.11. The number of hydrogen-bond acceptors (Lipinski definition) is 5. The van der Waals surface area contributed by atoms with Crippen LogP contribution >= 0.6 is 0 Å². The summed E-state index contributed by atoms with van der Waals surface area (Å²) in [6, 6.07) is 3.43. The molecule has 0 aliphatic carbocycles. The maximum absolute atomic E-state index is 11.7. The minimum atomic E-state index is -0.165. The Morgan fingerprint density at radius 3 is 2.32 bits per heavy atom. The van der Waals surface area contributed by atoms with Gasteiger partial charge in [-0.25, -0.2) is 0 Å². The summed E-state index contributed by atoms with van der Waals surface area (Å²) in [5.74, 6) is 0.486. The van der Waals surface area contributed by atoms with Gasteiger partial charge in [0.1, 0.15) is 5.82 Å². The van der Waals surface area contributed by atoms with Crippen LogP contribution in [0.15, 0.2) is 12.1 Å². The topological polar surface area (TPSA) is 84.1 Å². The Kier molecular flexibility index (Phi) is 5.23. The van der Waals surface area contributed by atoms with Gasteiger partial charge in [0.05, 0.1) is 5.54 Å². The third kappa shape index (κ3) is 3.64. The number of hydrogen-bond donors (Lipinski definition) is 2. The third-order valence-electron chi connectivity index (χ3n) is 3.43. The smallest absolute Gasteiger partial charge is 0.273 e. The zero-order valence-electron chi connectivity index (χ0n) is 12.1. The normalized spacial score (nSPS) is 11.2. The molecule has 1 rings (SSSR count). The van der Waals surface area contributed by atoms with Crippen LogP contribution in [0.25, 0.3) is 0 Å². The Labute approximate surface area is 114 Å². The Morgan fingerprint density at radius 2 is 1.95 bits per heavy atom. The summed E-state index contributed by atoms with van der Waals surface area (Å²) in [7, 11) is 3.37. The standard InChI is InChI=1S/C13H23N5O/c1-5-13(6-2,9-14)15-11-8-7-10(16-17-11)12(19)18(3)4/h7-8H,5-6,9,14H2,1-4H3,(H,15,17). The average molecular weight is 265 g/mol. The molecule has 19 heavy (non-hydrogen) atoms. The van der Waals surface area contributed by atoms with Gasteiger partial charge in [0.2, 0.25) is 0 Å². The number of carbonyl (C=O) groups excluding carboxylic acids is 1. The van der Waals surface area contributed by atoms with E-state index < -0.39 is 0 Å². The molecule has 0 radical (unpaired) electrons. The summed E-state index contributed by atoms with van der Waals surface area (Å²) < 4.78 is 0. The van der Waals surface area contributed by atoms with Gasteiger partial charge in [-0.1, -0.05) is 13.8 Å². The van der Waals surface area contributed by atoms with Gasteiger partial charge in [-0.15, -0.1) is 10.2 Å². The van der Waals surface area contributed by atoms with E-state index in [0.29, 0.717) is 18.1 Å². The van der Waals surface area contributed by atoms with Gasteiger partial charge in [0.25, 0.3) is 5.91 Å². The van der Waals surface area contributed by atoms with Crippen molar-refractivity contribution >= 4 is 11.7 Å². The molecule has 0 aromatic carbocycles. The fraction of sp³-hybridized carbons (Fsp3) is 0.615. The van der Waals surface area contributed by atoms with Crippen LogP contribution in [0, 0.1) is 0 Å². The van der Waals surface area contributed by atoms with Crippen LogP contribution in [0.3, 0.4) is 0 Å². The van der Waals surface area contributed by atoms with E-state index in [1.807, 2.05) is 0 Å². The molecule has 0 bridgehead atoms. The van der Waals surface area contributed by atoms with Crippen molar-refractivity contribution in [3.05, 3.63) is 17.8 Å². The van der Waals surface area contributed by atoms with Crippen LogP contribution in [0.5, 0.6) is 0 Å². The highest BCUT2D eigenvalue weighted by molar-refractivity contribution is 5.91. The second kappa shape index (κ2) is 6.47. The zero-order valence-corrected chi connectivity index (χ0v) is 12.1. The SMILES string of the molecule is CCC(CC)(CN)Nc1ccc(C(=O)N(C)C)nn1. The summed E-state index contributed by atoms with van der Waals surface area (Å²) >= 11 is 0. The summed E-state index contributed by atoms with van der Waals surface area (Å²) in [6.07, 6.45) is 1.81. The molecule has 0 fully saturated rings. The van der Waals surface area contributed by atoms with Crippen LogP contribution in [-0.4, -0.2) is 47.2 Å². The van der Waals surface area contributed by atoms with E-state index >= 15 is 0 Å². The van der Waals surface area contributed by atoms with Gasteiger partial charge in [-0.3, -0.25) is 4.79 Å². The number of nitrogens with zero attached hydrogens (tertiary/aromatic N) is 3. The summed E-state index contributed by atoms with van der Waals surface area (Å²) in [6.45, 7) is 4.70. The molecule has 6 heteroatoms. The van der Waals surface area contributed by atoms with Crippen LogP contribution in [0.4, 0.5) is 5.82 Å². The predicted molar refractivity (Wildman–Crippen MR) is 76.0 cm³/mol. The van der Waals surface area contributed by atoms with Crippen molar-refractivity contribution in [1.29, 1.82) is 0 Å². The van der Waals surface area contributed by atoms with Crippen LogP contribution in [-0.2, 0) is 0 Å². The van der Waals surface area contributed by atoms with Gasteiger partial charge < -0.3 is 16.0 Å². The average Bonchev–Trinajstić information content (AvgIpc) is 2.45. The van der Waals surface area contributed by atoms with Crippen molar-refractivity contribution < 1.29 is 4.79 Å². The third-order valence-corrected chi connectivity index (χ3v) is 3.43. The van der Waals surface area contributed by atoms with E-state index in [9.17, 15) is 4.79 Å². The fourth-order valence-electron chi connectivity index (χ4n) is 1.78. The quantitative estimate of drug-likeness (QED) is 0.805. The summed E-state index contributed by atoms with van der Waals surface area (Å²) in [4.78, 5) is 13.2. The molecule has 1 heterocycles. The second-order valence-electron chi connectivity index (χ2n) is 4.82. The van der Waals surface area contributed by atoms with E-state index in [2.05, 4.69) is 29.4 Å². The molecule has 106 valence electrons. The molecule has 0 unspecified atom stereocenters. The van der Waals surface area contributed by atoms with Crippen molar-refractivity contribution in [3.63, 3.8) is 0 Å². The molecule has 1 aromatic rings. The van der Waals surface area contributed by atoms with Crippen molar-refractivity contribution in [2.45, 2.75) is 32.2 Å². The molecule has 3 N–H and O–H groups in total. The number of carbonyl (C=O) groups is 1. The van der Waals surface area contributed by atoms with Crippen molar-refractivity contribution in [2.75, 3.05) is 26.0 Å². The first kappa shape index (κ1) is 15.4. The summed E-state index contributed by atoms with van der Waals surface area (Å²) in [5, 5.41) is 11.3. The minimum Gasteiger partial charge on any atom is -0.362 e. The number of rotatable bonds is 6. The van der Waals surface area contributed by atoms with Crippen molar-refractivity contribution in [3.8, 4) is 0 Å². The first-order valence-corrected chi connectivity index (χ1v) is 6.51. The largest absolute Gasteiger partial charge is 0.362 e. The van der Waals surface area contributed by atoms with Gasteiger partial charge in [0.15, 0.2) is 5.69 Å². The molecule has 0 saturated heterocycles. The maximum atomic E-state index is 11.7. The van der Waals surface area contributed by atoms with Crippen LogP contribution in [0.2, 0.25) is 0 Å². The van der Waals surface area contributed by atoms with Gasteiger partial charge in [-0.2, -0.15) is 0 Å². The van der Waals surface area contributed by atoms with E-state index in [1.165, 1.54) is 4.90 Å². The number of nitrogens with one attached hydrogen (secondary N) is 1. The van der Waals surface area contributed by atoms with E-state index in [4.69, 9.17) is 5.73 Å². The molecule has 0 saturated carbocycles. The van der Waals surface area contributed by atoms with E-state index in [-0.39, 0.29) is 11.4 Å². The van der Waals surface area contributed by atoms with E-state index in [0.717, 1.165) is 12.8 Å². The minimum absolute atomic E-state index is 0.157. The lowest BCUT2D eigenvalue weighted by Crippen LogP contribution is -2.44. The highest BCUT2D eigenvalue weighted by Crippen LogP contribution is 2.19. The maximum Gasteiger partial charge on any atom is 0.273 e. The highest BCUT2D eigenvalue weighted by atomic mass is 16.2. The van der Waals surface area contributed by atoms with Gasteiger partial charge in [0, 0.05) is 20.6 Å². The van der Waals surface area contributed by atoms with Crippen molar-refractivity contribution in [2.24, 2.45) is 5.73 Å². The number of aromatic nitrogens is 2. The lowest BCUT2D eigenvalue weighted by atomic mass is 9.93. The Hall–Kier alpha value is -1.69. The second-order valence-corrected chi connectivity index (χ2v) is 4.82. The first-order valence-electron chi connectivity index (χ1n) is 6.51. The number of amides is 1.